The number of carboxylic acid groups (broad SMARTS) is 1. The molecule has 1 aliphatic heterocycles. The second-order valence-corrected chi connectivity index (χ2v) is 10.5. The van der Waals surface area contributed by atoms with Crippen molar-refractivity contribution in [1.29, 1.82) is 0 Å². The van der Waals surface area contributed by atoms with Crippen molar-refractivity contribution < 1.29 is 28.2 Å². The number of aromatic nitrogens is 1. The standard InChI is InChI=1S/C22H27F3N2.C4H10O.CH2O2/c1-6-16-13(2)26-14(3)19(15-11-17(23)20(25)18(24)12-15)21(16)27-9-7-22(4,5)8-10-27;1-4(2,3)5;2-1-3/h11-12H,6-10H2,1-5H3;5H,1-3H3;1H,(H,2,3). The lowest BCUT2D eigenvalue weighted by atomic mass is 9.82. The van der Waals surface area contributed by atoms with Crippen molar-refractivity contribution >= 4 is 12.2 Å². The third-order valence-corrected chi connectivity index (χ3v) is 5.72. The summed E-state index contributed by atoms with van der Waals surface area (Å²) < 4.78 is 41.4. The average Bonchev–Trinajstić information content (AvgIpc) is 2.71. The first-order valence-corrected chi connectivity index (χ1v) is 11.8. The van der Waals surface area contributed by atoms with Crippen LogP contribution in [0.1, 0.15) is 71.3 Å². The predicted octanol–water partition coefficient (Wildman–Crippen LogP) is 6.45. The fourth-order valence-electron chi connectivity index (χ4n) is 4.02. The van der Waals surface area contributed by atoms with Crippen molar-refractivity contribution in [2.45, 2.75) is 80.3 Å². The van der Waals surface area contributed by atoms with Crippen molar-refractivity contribution in [3.8, 4) is 11.1 Å². The number of carbonyl (C=O) groups is 1. The summed E-state index contributed by atoms with van der Waals surface area (Å²) in [5, 5.41) is 15.4. The van der Waals surface area contributed by atoms with Gasteiger partial charge in [0, 0.05) is 30.0 Å². The number of aliphatic hydroxyl groups is 1. The van der Waals surface area contributed by atoms with Crippen molar-refractivity contribution in [3.05, 3.63) is 46.5 Å². The van der Waals surface area contributed by atoms with Crippen molar-refractivity contribution in [3.63, 3.8) is 0 Å². The van der Waals surface area contributed by atoms with Crippen molar-refractivity contribution in [2.24, 2.45) is 5.41 Å². The Morgan fingerprint density at radius 2 is 1.49 bits per heavy atom. The van der Waals surface area contributed by atoms with Crippen LogP contribution >= 0.6 is 0 Å². The van der Waals surface area contributed by atoms with Crippen LogP contribution < -0.4 is 4.90 Å². The number of piperidine rings is 1. The zero-order valence-corrected chi connectivity index (χ0v) is 22.1. The van der Waals surface area contributed by atoms with E-state index in [-0.39, 0.29) is 11.9 Å². The monoisotopic (exact) mass is 496 g/mol. The van der Waals surface area contributed by atoms with E-state index in [0.717, 1.165) is 61.4 Å². The van der Waals surface area contributed by atoms with Crippen LogP contribution in [0.2, 0.25) is 0 Å². The topological polar surface area (TPSA) is 73.7 Å². The van der Waals surface area contributed by atoms with E-state index in [1.807, 2.05) is 13.8 Å². The molecule has 0 saturated carbocycles. The van der Waals surface area contributed by atoms with Crippen LogP contribution in [0.3, 0.4) is 0 Å². The summed E-state index contributed by atoms with van der Waals surface area (Å²) in [6.45, 7) is 17.1. The lowest BCUT2D eigenvalue weighted by Crippen LogP contribution is -2.38. The van der Waals surface area contributed by atoms with Gasteiger partial charge in [0.15, 0.2) is 17.5 Å². The van der Waals surface area contributed by atoms with E-state index in [4.69, 9.17) is 15.0 Å². The Morgan fingerprint density at radius 1 is 1.06 bits per heavy atom. The van der Waals surface area contributed by atoms with E-state index in [1.54, 1.807) is 20.8 Å². The molecule has 0 atom stereocenters. The minimum absolute atomic E-state index is 0.250. The molecule has 2 N–H and O–H groups in total. The number of nitrogens with zero attached hydrogens (tertiary/aromatic N) is 2. The molecule has 0 unspecified atom stereocenters. The molecule has 1 fully saturated rings. The van der Waals surface area contributed by atoms with Gasteiger partial charge in [0.25, 0.3) is 6.47 Å². The molecule has 35 heavy (non-hydrogen) atoms. The molecule has 2 aromatic rings. The zero-order valence-electron chi connectivity index (χ0n) is 22.1. The number of aryl methyl sites for hydroxylation is 2. The van der Waals surface area contributed by atoms with Crippen molar-refractivity contribution in [1.82, 2.24) is 4.98 Å². The SMILES string of the molecule is CC(C)(C)O.CCc1c(C)nc(C)c(-c2cc(F)c(F)c(F)c2)c1N1CCC(C)(C)CC1.O=CO. The van der Waals surface area contributed by atoms with Gasteiger partial charge < -0.3 is 15.1 Å². The molecule has 3 rings (SSSR count). The van der Waals surface area contributed by atoms with Crippen LogP contribution in [0.15, 0.2) is 12.1 Å². The summed E-state index contributed by atoms with van der Waals surface area (Å²) in [6.07, 6.45) is 2.86. The fraction of sp³-hybridized carbons (Fsp3) is 0.556. The van der Waals surface area contributed by atoms with Crippen LogP contribution in [0.4, 0.5) is 18.9 Å². The molecular formula is C27H39F3N2O3. The Kier molecular flexibility index (Phi) is 10.8. The Bertz CT molecular complexity index is 979. The Labute approximate surface area is 207 Å². The Morgan fingerprint density at radius 3 is 1.89 bits per heavy atom. The minimum atomic E-state index is -1.44. The summed E-state index contributed by atoms with van der Waals surface area (Å²) in [4.78, 5) is 15.3. The quantitative estimate of drug-likeness (QED) is 0.377. The molecular weight excluding hydrogens is 457 g/mol. The van der Waals surface area contributed by atoms with Gasteiger partial charge in [-0.05, 0) is 82.6 Å². The van der Waals surface area contributed by atoms with Crippen LogP contribution in [-0.4, -0.2) is 40.4 Å². The van der Waals surface area contributed by atoms with Crippen molar-refractivity contribution in [2.75, 3.05) is 18.0 Å². The maximum absolute atomic E-state index is 13.9. The molecule has 1 saturated heterocycles. The molecule has 196 valence electrons. The molecule has 1 aromatic carbocycles. The van der Waals surface area contributed by atoms with Gasteiger partial charge in [-0.25, -0.2) is 13.2 Å². The number of halogens is 3. The van der Waals surface area contributed by atoms with E-state index >= 15 is 0 Å². The van der Waals surface area contributed by atoms with Crippen LogP contribution in [0.25, 0.3) is 11.1 Å². The summed E-state index contributed by atoms with van der Waals surface area (Å²) in [5.41, 5.74) is 4.54. The largest absolute Gasteiger partial charge is 0.483 e. The maximum atomic E-state index is 13.9. The second kappa shape index (κ2) is 12.4. The average molecular weight is 497 g/mol. The first-order valence-electron chi connectivity index (χ1n) is 11.8. The minimum Gasteiger partial charge on any atom is -0.483 e. The molecule has 8 heteroatoms. The van der Waals surface area contributed by atoms with E-state index in [1.165, 1.54) is 0 Å². The Hall–Kier alpha value is -2.61. The summed E-state index contributed by atoms with van der Waals surface area (Å²) in [5.74, 6) is -3.78. The number of hydrogen-bond donors (Lipinski definition) is 2. The second-order valence-electron chi connectivity index (χ2n) is 10.5. The number of benzene rings is 1. The van der Waals surface area contributed by atoms with Gasteiger partial charge in [-0.3, -0.25) is 9.78 Å². The predicted molar refractivity (Wildman–Crippen MR) is 134 cm³/mol. The van der Waals surface area contributed by atoms with E-state index in [2.05, 4.69) is 30.7 Å². The van der Waals surface area contributed by atoms with Gasteiger partial charge in [-0.1, -0.05) is 20.8 Å². The highest BCUT2D eigenvalue weighted by molar-refractivity contribution is 5.83. The molecule has 0 amide bonds. The van der Waals surface area contributed by atoms with E-state index in [0.29, 0.717) is 16.8 Å². The normalized spacial score (nSPS) is 14.9. The summed E-state index contributed by atoms with van der Waals surface area (Å²) >= 11 is 0. The molecule has 0 aliphatic carbocycles. The molecule has 0 radical (unpaired) electrons. The van der Waals surface area contributed by atoms with Gasteiger partial charge in [-0.15, -0.1) is 0 Å². The fourth-order valence-corrected chi connectivity index (χ4v) is 4.02. The smallest absolute Gasteiger partial charge is 0.290 e. The number of rotatable bonds is 3. The molecule has 1 aromatic heterocycles. The summed E-state index contributed by atoms with van der Waals surface area (Å²) in [6, 6.07) is 2.16. The number of pyridine rings is 1. The lowest BCUT2D eigenvalue weighted by Gasteiger charge is -2.40. The number of anilines is 1. The van der Waals surface area contributed by atoms with Crippen LogP contribution in [-0.2, 0) is 11.2 Å². The van der Waals surface area contributed by atoms with Crippen LogP contribution in [0, 0.1) is 36.7 Å². The first-order chi connectivity index (χ1) is 16.1. The van der Waals surface area contributed by atoms with Gasteiger partial charge in [-0.2, -0.15) is 0 Å². The molecule has 0 bridgehead atoms. The van der Waals surface area contributed by atoms with E-state index in [9.17, 15) is 13.2 Å². The third-order valence-electron chi connectivity index (χ3n) is 5.72. The highest BCUT2D eigenvalue weighted by atomic mass is 19.2. The van der Waals surface area contributed by atoms with Crippen LogP contribution in [0.5, 0.6) is 0 Å². The van der Waals surface area contributed by atoms with Gasteiger partial charge in [0.2, 0.25) is 0 Å². The highest BCUT2D eigenvalue weighted by Crippen LogP contribution is 2.41. The lowest BCUT2D eigenvalue weighted by molar-refractivity contribution is -0.122. The third kappa shape index (κ3) is 8.84. The first kappa shape index (κ1) is 30.4. The molecule has 2 heterocycles. The molecule has 5 nitrogen and oxygen atoms in total. The molecule has 0 spiro atoms. The highest BCUT2D eigenvalue weighted by Gasteiger charge is 2.29. The number of hydrogen-bond acceptors (Lipinski definition) is 4. The Balaban J connectivity index is 0.000000669. The van der Waals surface area contributed by atoms with E-state index < -0.39 is 23.1 Å². The van der Waals surface area contributed by atoms with Gasteiger partial charge in [0.1, 0.15) is 0 Å². The molecule has 1 aliphatic rings. The zero-order chi connectivity index (χ0) is 27.1. The van der Waals surface area contributed by atoms with Gasteiger partial charge in [0.05, 0.1) is 11.3 Å². The van der Waals surface area contributed by atoms with Gasteiger partial charge >= 0.3 is 0 Å². The summed E-state index contributed by atoms with van der Waals surface area (Å²) in [7, 11) is 0. The maximum Gasteiger partial charge on any atom is 0.290 e.